The van der Waals surface area contributed by atoms with Gasteiger partial charge < -0.3 is 10.5 Å². The van der Waals surface area contributed by atoms with Crippen molar-refractivity contribution < 1.29 is 4.74 Å². The predicted octanol–water partition coefficient (Wildman–Crippen LogP) is 6.18. The topological polar surface area (TPSA) is 48.1 Å². The van der Waals surface area contributed by atoms with Crippen LogP contribution < -0.4 is 10.5 Å². The van der Waals surface area contributed by atoms with Gasteiger partial charge in [0.05, 0.1) is 5.52 Å². The number of aryl methyl sites for hydroxylation is 1. The van der Waals surface area contributed by atoms with Crippen molar-refractivity contribution in [2.45, 2.75) is 58.3 Å². The zero-order chi connectivity index (χ0) is 19.0. The summed E-state index contributed by atoms with van der Waals surface area (Å²) in [6.07, 6.45) is 5.72. The number of benzene rings is 2. The molecule has 1 aromatic heterocycles. The van der Waals surface area contributed by atoms with Gasteiger partial charge in [0.15, 0.2) is 0 Å². The molecule has 0 aliphatic heterocycles. The Morgan fingerprint density at radius 2 is 1.59 bits per heavy atom. The van der Waals surface area contributed by atoms with Crippen molar-refractivity contribution in [3.05, 3.63) is 59.3 Å². The van der Waals surface area contributed by atoms with E-state index in [-0.39, 0.29) is 5.41 Å². The van der Waals surface area contributed by atoms with E-state index in [1.165, 1.54) is 36.1 Å². The van der Waals surface area contributed by atoms with Crippen LogP contribution in [0.25, 0.3) is 10.9 Å². The van der Waals surface area contributed by atoms with Crippen LogP contribution in [0.2, 0.25) is 0 Å². The van der Waals surface area contributed by atoms with Crippen LogP contribution in [0.5, 0.6) is 11.5 Å². The molecule has 0 amide bonds. The average Bonchev–Trinajstić information content (AvgIpc) is 2.88. The molecule has 0 atom stereocenters. The Morgan fingerprint density at radius 3 is 2.33 bits per heavy atom. The molecule has 0 spiro atoms. The first-order chi connectivity index (χ1) is 12.9. The maximum absolute atomic E-state index is 6.54. The maximum atomic E-state index is 6.54. The van der Waals surface area contributed by atoms with Crippen molar-refractivity contribution >= 4 is 16.6 Å². The molecule has 1 heterocycles. The van der Waals surface area contributed by atoms with E-state index in [0.717, 1.165) is 40.9 Å². The summed E-state index contributed by atoms with van der Waals surface area (Å²) < 4.78 is 6.09. The first-order valence-corrected chi connectivity index (χ1v) is 9.91. The van der Waals surface area contributed by atoms with Gasteiger partial charge in [0.1, 0.15) is 11.5 Å². The molecule has 140 valence electrons. The number of aromatic nitrogens is 1. The molecule has 3 aromatic rings. The monoisotopic (exact) mass is 360 g/mol. The van der Waals surface area contributed by atoms with Crippen LogP contribution in [0, 0.1) is 0 Å². The summed E-state index contributed by atoms with van der Waals surface area (Å²) in [5.74, 6) is 1.64. The van der Waals surface area contributed by atoms with Crippen LogP contribution in [0.4, 0.5) is 5.69 Å². The average molecular weight is 361 g/mol. The number of nitrogen functional groups attached to an aromatic ring is 1. The zero-order valence-electron chi connectivity index (χ0n) is 16.5. The molecule has 0 fully saturated rings. The van der Waals surface area contributed by atoms with Crippen molar-refractivity contribution in [2.24, 2.45) is 0 Å². The zero-order valence-corrected chi connectivity index (χ0v) is 16.5. The second-order valence-electron chi connectivity index (χ2n) is 8.57. The van der Waals surface area contributed by atoms with Gasteiger partial charge >= 0.3 is 0 Å². The van der Waals surface area contributed by atoms with Gasteiger partial charge in [-0.15, -0.1) is 0 Å². The van der Waals surface area contributed by atoms with Gasteiger partial charge in [-0.25, -0.2) is 0 Å². The van der Waals surface area contributed by atoms with Gasteiger partial charge in [0.2, 0.25) is 0 Å². The molecule has 27 heavy (non-hydrogen) atoms. The molecule has 0 unspecified atom stereocenters. The minimum absolute atomic E-state index is 0.138. The first-order valence-electron chi connectivity index (χ1n) is 9.91. The second kappa shape index (κ2) is 6.88. The van der Waals surface area contributed by atoms with E-state index in [0.29, 0.717) is 0 Å². The summed E-state index contributed by atoms with van der Waals surface area (Å²) in [6.45, 7) is 6.64. The highest BCUT2D eigenvalue weighted by atomic mass is 16.5. The fourth-order valence-electron chi connectivity index (χ4n) is 3.84. The van der Waals surface area contributed by atoms with Crippen LogP contribution in [-0.4, -0.2) is 4.98 Å². The maximum Gasteiger partial charge on any atom is 0.128 e. The number of ether oxygens (including phenoxy) is 1. The van der Waals surface area contributed by atoms with Gasteiger partial charge in [-0.05, 0) is 72.6 Å². The van der Waals surface area contributed by atoms with Gasteiger partial charge in [0, 0.05) is 16.8 Å². The summed E-state index contributed by atoms with van der Waals surface area (Å²) in [5, 5.41) is 1.000. The number of nitrogens with two attached hydrogens (primary N) is 1. The van der Waals surface area contributed by atoms with Crippen molar-refractivity contribution in [2.75, 3.05) is 5.73 Å². The second-order valence-corrected chi connectivity index (χ2v) is 8.57. The number of pyridine rings is 1. The fourth-order valence-corrected chi connectivity index (χ4v) is 3.84. The third-order valence-corrected chi connectivity index (χ3v) is 5.48. The van der Waals surface area contributed by atoms with E-state index in [9.17, 15) is 0 Å². The summed E-state index contributed by atoms with van der Waals surface area (Å²) in [7, 11) is 0. The Kier molecular flexibility index (Phi) is 4.55. The van der Waals surface area contributed by atoms with Gasteiger partial charge in [-0.1, -0.05) is 39.3 Å². The Morgan fingerprint density at radius 1 is 0.889 bits per heavy atom. The lowest BCUT2D eigenvalue weighted by Gasteiger charge is -2.19. The Labute approximate surface area is 161 Å². The van der Waals surface area contributed by atoms with E-state index >= 15 is 0 Å². The van der Waals surface area contributed by atoms with Crippen molar-refractivity contribution in [1.29, 1.82) is 0 Å². The molecule has 2 N–H and O–H groups in total. The Balaban J connectivity index is 1.66. The molecule has 3 heteroatoms. The fraction of sp³-hybridized carbons (Fsp3) is 0.375. The third-order valence-electron chi connectivity index (χ3n) is 5.48. The van der Waals surface area contributed by atoms with E-state index in [4.69, 9.17) is 15.5 Å². The standard InChI is InChI=1S/C24H28N2O/c1-24(2,3)16-9-11-17(12-10-16)27-18-13-14-22-20(15-18)23(25)19-7-5-4-6-8-21(19)26-22/h9-15H,4-8H2,1-3H3,(H2,25,26). The Hall–Kier alpha value is -2.55. The largest absolute Gasteiger partial charge is 0.457 e. The smallest absolute Gasteiger partial charge is 0.128 e. The molecule has 2 aromatic carbocycles. The van der Waals surface area contributed by atoms with Gasteiger partial charge in [0.25, 0.3) is 0 Å². The predicted molar refractivity (Wildman–Crippen MR) is 113 cm³/mol. The van der Waals surface area contributed by atoms with Crippen LogP contribution in [0.15, 0.2) is 42.5 Å². The molecule has 0 radical (unpaired) electrons. The Bertz CT molecular complexity index is 968. The van der Waals surface area contributed by atoms with Gasteiger partial charge in [-0.2, -0.15) is 0 Å². The highest BCUT2D eigenvalue weighted by Gasteiger charge is 2.16. The quantitative estimate of drug-likeness (QED) is 0.555. The molecule has 3 nitrogen and oxygen atoms in total. The van der Waals surface area contributed by atoms with E-state index in [1.807, 2.05) is 30.3 Å². The molecule has 1 aliphatic rings. The summed E-state index contributed by atoms with van der Waals surface area (Å²) in [6, 6.07) is 14.4. The van der Waals surface area contributed by atoms with Crippen LogP contribution >= 0.6 is 0 Å². The molecule has 0 saturated heterocycles. The number of anilines is 1. The highest BCUT2D eigenvalue weighted by molar-refractivity contribution is 5.93. The van der Waals surface area contributed by atoms with Crippen LogP contribution in [0.1, 0.15) is 56.9 Å². The molecule has 4 rings (SSSR count). The lowest BCUT2D eigenvalue weighted by molar-refractivity contribution is 0.482. The van der Waals surface area contributed by atoms with E-state index < -0.39 is 0 Å². The number of nitrogens with zero attached hydrogens (tertiary/aromatic N) is 1. The minimum Gasteiger partial charge on any atom is -0.457 e. The van der Waals surface area contributed by atoms with Crippen LogP contribution in [-0.2, 0) is 18.3 Å². The lowest BCUT2D eigenvalue weighted by atomic mass is 9.87. The first kappa shape index (κ1) is 17.8. The number of hydrogen-bond donors (Lipinski definition) is 1. The summed E-state index contributed by atoms with van der Waals surface area (Å²) in [5.41, 5.74) is 12.2. The molecule has 0 saturated carbocycles. The summed E-state index contributed by atoms with van der Waals surface area (Å²) in [4.78, 5) is 4.89. The van der Waals surface area contributed by atoms with Gasteiger partial charge in [-0.3, -0.25) is 4.98 Å². The number of hydrogen-bond acceptors (Lipinski definition) is 3. The number of rotatable bonds is 2. The molecular weight excluding hydrogens is 332 g/mol. The molecule has 0 bridgehead atoms. The van der Waals surface area contributed by atoms with Crippen molar-refractivity contribution in [1.82, 2.24) is 4.98 Å². The minimum atomic E-state index is 0.138. The number of fused-ring (bicyclic) bond motifs is 2. The molecular formula is C24H28N2O. The molecule has 1 aliphatic carbocycles. The van der Waals surface area contributed by atoms with Crippen molar-refractivity contribution in [3.63, 3.8) is 0 Å². The van der Waals surface area contributed by atoms with E-state index in [2.05, 4.69) is 32.9 Å². The summed E-state index contributed by atoms with van der Waals surface area (Å²) >= 11 is 0. The van der Waals surface area contributed by atoms with Crippen molar-refractivity contribution in [3.8, 4) is 11.5 Å². The normalized spacial score (nSPS) is 14.6. The lowest BCUT2D eigenvalue weighted by Crippen LogP contribution is -2.10. The highest BCUT2D eigenvalue weighted by Crippen LogP contribution is 2.34. The van der Waals surface area contributed by atoms with E-state index in [1.54, 1.807) is 0 Å². The SMILES string of the molecule is CC(C)(C)c1ccc(Oc2ccc3nc4c(c(N)c3c2)CCCCC4)cc1. The third kappa shape index (κ3) is 3.64. The van der Waals surface area contributed by atoms with Crippen LogP contribution in [0.3, 0.4) is 0 Å².